The molecule has 2 rings (SSSR count). The molecule has 1 aromatic rings. The van der Waals surface area contributed by atoms with E-state index in [1.54, 1.807) is 4.68 Å². The Morgan fingerprint density at radius 2 is 2.14 bits per heavy atom. The van der Waals surface area contributed by atoms with Crippen LogP contribution in [0.1, 0.15) is 24.5 Å². The lowest BCUT2D eigenvalue weighted by Crippen LogP contribution is -2.15. The lowest BCUT2D eigenvalue weighted by molar-refractivity contribution is 0.0842. The summed E-state index contributed by atoms with van der Waals surface area (Å²) in [4.78, 5) is 0. The van der Waals surface area contributed by atoms with E-state index in [1.165, 1.54) is 0 Å². The molecule has 1 aliphatic heterocycles. The van der Waals surface area contributed by atoms with Crippen LogP contribution in [-0.4, -0.2) is 23.0 Å². The van der Waals surface area contributed by atoms with Gasteiger partial charge in [-0.3, -0.25) is 4.68 Å². The zero-order valence-corrected chi connectivity index (χ0v) is 9.75. The Kier molecular flexibility index (Phi) is 2.78. The van der Waals surface area contributed by atoms with Crippen molar-refractivity contribution in [2.75, 3.05) is 18.9 Å². The summed E-state index contributed by atoms with van der Waals surface area (Å²) in [5.41, 5.74) is 6.91. The first kappa shape index (κ1) is 9.98. The fraction of sp³-hybridized carbons (Fsp3) is 0.667. The van der Waals surface area contributed by atoms with E-state index >= 15 is 0 Å². The molecule has 1 aliphatic rings. The molecule has 0 aromatic carbocycles. The fourth-order valence-electron chi connectivity index (χ4n) is 1.76. The molecule has 5 heteroatoms. The third-order valence-electron chi connectivity index (χ3n) is 2.66. The Labute approximate surface area is 91.5 Å². The number of anilines is 1. The topological polar surface area (TPSA) is 53.1 Å². The highest BCUT2D eigenvalue weighted by molar-refractivity contribution is 9.10. The third-order valence-corrected chi connectivity index (χ3v) is 3.48. The van der Waals surface area contributed by atoms with E-state index in [2.05, 4.69) is 21.0 Å². The maximum absolute atomic E-state index is 5.83. The van der Waals surface area contributed by atoms with Crippen molar-refractivity contribution in [1.82, 2.24) is 9.78 Å². The van der Waals surface area contributed by atoms with Gasteiger partial charge < -0.3 is 10.5 Å². The second-order valence-electron chi connectivity index (χ2n) is 3.59. The number of nitrogens with two attached hydrogens (primary N) is 1. The van der Waals surface area contributed by atoms with Crippen molar-refractivity contribution in [2.45, 2.75) is 18.8 Å². The molecule has 0 radical (unpaired) electrons. The van der Waals surface area contributed by atoms with E-state index in [-0.39, 0.29) is 0 Å². The molecule has 0 amide bonds. The molecule has 1 aromatic heterocycles. The van der Waals surface area contributed by atoms with Gasteiger partial charge in [0.25, 0.3) is 0 Å². The summed E-state index contributed by atoms with van der Waals surface area (Å²) in [5.74, 6) is 1.19. The van der Waals surface area contributed by atoms with E-state index < -0.39 is 0 Å². The van der Waals surface area contributed by atoms with E-state index in [0.29, 0.717) is 11.7 Å². The number of hydrogen-bond donors (Lipinski definition) is 1. The summed E-state index contributed by atoms with van der Waals surface area (Å²) in [6.07, 6.45) is 2.07. The Balaban J connectivity index is 2.26. The predicted molar refractivity (Wildman–Crippen MR) is 58.1 cm³/mol. The standard InChI is InChI=1S/C9H14BrN3O/c1-13-9(11)7(10)8(12-13)6-2-4-14-5-3-6/h6H,2-5,11H2,1H3. The van der Waals surface area contributed by atoms with E-state index in [1.807, 2.05) is 7.05 Å². The summed E-state index contributed by atoms with van der Waals surface area (Å²) < 4.78 is 7.98. The lowest BCUT2D eigenvalue weighted by atomic mass is 9.97. The minimum absolute atomic E-state index is 0.488. The smallest absolute Gasteiger partial charge is 0.136 e. The number of rotatable bonds is 1. The molecule has 14 heavy (non-hydrogen) atoms. The molecule has 0 aliphatic carbocycles. The molecule has 2 N–H and O–H groups in total. The van der Waals surface area contributed by atoms with Crippen LogP contribution in [0.15, 0.2) is 4.47 Å². The minimum Gasteiger partial charge on any atom is -0.383 e. The first-order chi connectivity index (χ1) is 6.70. The molecular formula is C9H14BrN3O. The van der Waals surface area contributed by atoms with Crippen LogP contribution in [0.4, 0.5) is 5.82 Å². The third kappa shape index (κ3) is 1.66. The van der Waals surface area contributed by atoms with Crippen molar-refractivity contribution >= 4 is 21.7 Å². The molecule has 0 spiro atoms. The number of hydrogen-bond acceptors (Lipinski definition) is 3. The lowest BCUT2D eigenvalue weighted by Gasteiger charge is -2.20. The van der Waals surface area contributed by atoms with Gasteiger partial charge in [-0.1, -0.05) is 0 Å². The first-order valence-corrected chi connectivity index (χ1v) is 5.55. The minimum atomic E-state index is 0.488. The van der Waals surface area contributed by atoms with Gasteiger partial charge in [0.05, 0.1) is 10.2 Å². The number of ether oxygens (including phenoxy) is 1. The van der Waals surface area contributed by atoms with E-state index in [0.717, 1.165) is 36.2 Å². The van der Waals surface area contributed by atoms with Crippen LogP contribution in [0.2, 0.25) is 0 Å². The Hall–Kier alpha value is -0.550. The molecule has 2 heterocycles. The quantitative estimate of drug-likeness (QED) is 0.835. The maximum Gasteiger partial charge on any atom is 0.136 e. The van der Waals surface area contributed by atoms with E-state index in [9.17, 15) is 0 Å². The van der Waals surface area contributed by atoms with Crippen molar-refractivity contribution < 1.29 is 4.74 Å². The highest BCUT2D eigenvalue weighted by atomic mass is 79.9. The number of halogens is 1. The van der Waals surface area contributed by atoms with Crippen LogP contribution in [0.25, 0.3) is 0 Å². The van der Waals surface area contributed by atoms with Crippen molar-refractivity contribution in [1.29, 1.82) is 0 Å². The molecule has 4 nitrogen and oxygen atoms in total. The Morgan fingerprint density at radius 1 is 1.50 bits per heavy atom. The summed E-state index contributed by atoms with van der Waals surface area (Å²) in [5, 5.41) is 4.42. The van der Waals surface area contributed by atoms with Gasteiger partial charge in [0, 0.05) is 26.2 Å². The van der Waals surface area contributed by atoms with Gasteiger partial charge in [-0.15, -0.1) is 0 Å². The highest BCUT2D eigenvalue weighted by Crippen LogP contribution is 2.34. The Morgan fingerprint density at radius 3 is 2.64 bits per heavy atom. The Bertz CT molecular complexity index is 331. The number of nitrogen functional groups attached to an aromatic ring is 1. The van der Waals surface area contributed by atoms with Crippen molar-refractivity contribution in [3.05, 3.63) is 10.2 Å². The van der Waals surface area contributed by atoms with Crippen LogP contribution < -0.4 is 5.73 Å². The van der Waals surface area contributed by atoms with Gasteiger partial charge in [-0.2, -0.15) is 5.10 Å². The zero-order chi connectivity index (χ0) is 10.1. The van der Waals surface area contributed by atoms with Gasteiger partial charge in [-0.25, -0.2) is 0 Å². The van der Waals surface area contributed by atoms with Crippen LogP contribution in [0.5, 0.6) is 0 Å². The normalized spacial score (nSPS) is 18.7. The van der Waals surface area contributed by atoms with Crippen LogP contribution in [0.3, 0.4) is 0 Å². The largest absolute Gasteiger partial charge is 0.383 e. The predicted octanol–water partition coefficient (Wildman–Crippen LogP) is 1.66. The second kappa shape index (κ2) is 3.90. The average Bonchev–Trinajstić information content (AvgIpc) is 2.47. The zero-order valence-electron chi connectivity index (χ0n) is 8.16. The number of aryl methyl sites for hydroxylation is 1. The molecule has 0 bridgehead atoms. The number of aromatic nitrogens is 2. The van der Waals surface area contributed by atoms with Gasteiger partial charge in [-0.05, 0) is 28.8 Å². The van der Waals surface area contributed by atoms with Gasteiger partial charge >= 0.3 is 0 Å². The molecule has 0 atom stereocenters. The monoisotopic (exact) mass is 259 g/mol. The summed E-state index contributed by atoms with van der Waals surface area (Å²) in [6.45, 7) is 1.65. The molecule has 0 saturated carbocycles. The first-order valence-electron chi connectivity index (χ1n) is 4.75. The van der Waals surface area contributed by atoms with Gasteiger partial charge in [0.1, 0.15) is 5.82 Å². The second-order valence-corrected chi connectivity index (χ2v) is 4.39. The highest BCUT2D eigenvalue weighted by Gasteiger charge is 2.23. The van der Waals surface area contributed by atoms with Crippen molar-refractivity contribution in [3.8, 4) is 0 Å². The molecule has 0 unspecified atom stereocenters. The average molecular weight is 260 g/mol. The van der Waals surface area contributed by atoms with Crippen LogP contribution in [-0.2, 0) is 11.8 Å². The molecular weight excluding hydrogens is 246 g/mol. The van der Waals surface area contributed by atoms with Crippen molar-refractivity contribution in [3.63, 3.8) is 0 Å². The van der Waals surface area contributed by atoms with Gasteiger partial charge in [0.15, 0.2) is 0 Å². The fourth-order valence-corrected chi connectivity index (χ4v) is 2.42. The number of nitrogens with zero attached hydrogens (tertiary/aromatic N) is 2. The summed E-state index contributed by atoms with van der Waals surface area (Å²) >= 11 is 3.49. The van der Waals surface area contributed by atoms with Crippen molar-refractivity contribution in [2.24, 2.45) is 7.05 Å². The maximum atomic E-state index is 5.83. The van der Waals surface area contributed by atoms with Crippen LogP contribution in [0, 0.1) is 0 Å². The SMILES string of the molecule is Cn1nc(C2CCOCC2)c(Br)c1N. The summed E-state index contributed by atoms with van der Waals surface area (Å²) in [6, 6.07) is 0. The summed E-state index contributed by atoms with van der Waals surface area (Å²) in [7, 11) is 1.86. The molecule has 1 fully saturated rings. The molecule has 78 valence electrons. The van der Waals surface area contributed by atoms with Gasteiger partial charge in [0.2, 0.25) is 0 Å². The van der Waals surface area contributed by atoms with Crippen LogP contribution >= 0.6 is 15.9 Å². The van der Waals surface area contributed by atoms with E-state index in [4.69, 9.17) is 10.5 Å². The molecule has 1 saturated heterocycles.